The van der Waals surface area contributed by atoms with Crippen LogP contribution in [0.5, 0.6) is 0 Å². The normalized spacial score (nSPS) is 13.8. The van der Waals surface area contributed by atoms with E-state index < -0.39 is 18.2 Å². The lowest BCUT2D eigenvalue weighted by Gasteiger charge is -2.11. The number of hydrogen-bond acceptors (Lipinski definition) is 5. The van der Waals surface area contributed by atoms with E-state index in [9.17, 15) is 19.4 Å². The summed E-state index contributed by atoms with van der Waals surface area (Å²) < 4.78 is 22.8. The summed E-state index contributed by atoms with van der Waals surface area (Å²) >= 11 is 0. The lowest BCUT2D eigenvalue weighted by Crippen LogP contribution is -2.20. The van der Waals surface area contributed by atoms with Crippen LogP contribution in [0.25, 0.3) is 17.2 Å². The summed E-state index contributed by atoms with van der Waals surface area (Å²) in [6, 6.07) is 7.72. The van der Waals surface area contributed by atoms with Gasteiger partial charge in [-0.2, -0.15) is 0 Å². The van der Waals surface area contributed by atoms with E-state index in [0.717, 1.165) is 11.1 Å². The standard InChI is InChI=1S/C18H19FO5/c1-23-18(22)11-15(21)10-14(20)6-7-17-16(8-9-24-17)12-2-4-13(19)5-3-12/h2-9,14-15,20-21H,10-11H2,1H3/t14-,15+/m1/s1. The maximum Gasteiger partial charge on any atom is 0.308 e. The number of aliphatic hydroxyl groups is 2. The molecular formula is C18H19FO5. The van der Waals surface area contributed by atoms with Crippen molar-refractivity contribution < 1.29 is 28.6 Å². The highest BCUT2D eigenvalue weighted by atomic mass is 19.1. The summed E-state index contributed by atoms with van der Waals surface area (Å²) in [6.07, 6.45) is 2.42. The number of furan rings is 1. The minimum absolute atomic E-state index is 0.00180. The Morgan fingerprint density at radius 3 is 2.67 bits per heavy atom. The van der Waals surface area contributed by atoms with Gasteiger partial charge in [-0.15, -0.1) is 0 Å². The molecule has 1 aromatic heterocycles. The van der Waals surface area contributed by atoms with Crippen molar-refractivity contribution >= 4 is 12.0 Å². The number of carbonyl (C=O) groups excluding carboxylic acids is 1. The average molecular weight is 334 g/mol. The number of esters is 1. The van der Waals surface area contributed by atoms with Crippen LogP contribution < -0.4 is 0 Å². The fourth-order valence-corrected chi connectivity index (χ4v) is 2.23. The Morgan fingerprint density at radius 2 is 2.00 bits per heavy atom. The third-order valence-electron chi connectivity index (χ3n) is 3.46. The van der Waals surface area contributed by atoms with E-state index in [-0.39, 0.29) is 18.7 Å². The van der Waals surface area contributed by atoms with Gasteiger partial charge in [-0.3, -0.25) is 4.79 Å². The summed E-state index contributed by atoms with van der Waals surface area (Å²) in [5.41, 5.74) is 1.54. The molecule has 0 spiro atoms. The minimum Gasteiger partial charge on any atom is -0.469 e. The molecular weight excluding hydrogens is 315 g/mol. The van der Waals surface area contributed by atoms with E-state index in [1.54, 1.807) is 24.3 Å². The highest BCUT2D eigenvalue weighted by Gasteiger charge is 2.15. The maximum absolute atomic E-state index is 13.0. The lowest BCUT2D eigenvalue weighted by molar-refractivity contribution is -0.143. The van der Waals surface area contributed by atoms with Gasteiger partial charge in [-0.25, -0.2) is 4.39 Å². The molecule has 0 aliphatic carbocycles. The number of halogens is 1. The molecule has 24 heavy (non-hydrogen) atoms. The molecule has 0 fully saturated rings. The van der Waals surface area contributed by atoms with Gasteiger partial charge in [0.2, 0.25) is 0 Å². The molecule has 2 atom stereocenters. The highest BCUT2D eigenvalue weighted by Crippen LogP contribution is 2.26. The van der Waals surface area contributed by atoms with Crippen LogP contribution in [0, 0.1) is 5.82 Å². The Hall–Kier alpha value is -2.44. The van der Waals surface area contributed by atoms with Gasteiger partial charge in [-0.1, -0.05) is 18.2 Å². The van der Waals surface area contributed by atoms with E-state index in [4.69, 9.17) is 4.42 Å². The Balaban J connectivity index is 2.01. The first kappa shape index (κ1) is 17.9. The van der Waals surface area contributed by atoms with Crippen LogP contribution in [0.15, 0.2) is 47.1 Å². The zero-order valence-electron chi connectivity index (χ0n) is 13.2. The smallest absolute Gasteiger partial charge is 0.308 e. The molecule has 0 amide bonds. The molecule has 5 nitrogen and oxygen atoms in total. The average Bonchev–Trinajstić information content (AvgIpc) is 3.02. The van der Waals surface area contributed by atoms with Crippen molar-refractivity contribution in [3.63, 3.8) is 0 Å². The van der Waals surface area contributed by atoms with E-state index in [2.05, 4.69) is 4.74 Å². The van der Waals surface area contributed by atoms with Gasteiger partial charge in [-0.05, 0) is 29.8 Å². The van der Waals surface area contributed by atoms with Gasteiger partial charge in [0.15, 0.2) is 0 Å². The first-order valence-electron chi connectivity index (χ1n) is 7.44. The van der Waals surface area contributed by atoms with Crippen LogP contribution in [0.2, 0.25) is 0 Å². The fourth-order valence-electron chi connectivity index (χ4n) is 2.23. The predicted molar refractivity (Wildman–Crippen MR) is 86.4 cm³/mol. The van der Waals surface area contributed by atoms with Crippen LogP contribution in [0.4, 0.5) is 4.39 Å². The lowest BCUT2D eigenvalue weighted by atomic mass is 10.0. The van der Waals surface area contributed by atoms with E-state index in [1.807, 2.05) is 0 Å². The monoisotopic (exact) mass is 334 g/mol. The first-order chi connectivity index (χ1) is 11.5. The van der Waals surface area contributed by atoms with Gasteiger partial charge < -0.3 is 19.4 Å². The van der Waals surface area contributed by atoms with Crippen molar-refractivity contribution in [1.29, 1.82) is 0 Å². The van der Waals surface area contributed by atoms with Crippen LogP contribution in [-0.4, -0.2) is 35.5 Å². The van der Waals surface area contributed by atoms with Gasteiger partial charge >= 0.3 is 5.97 Å². The molecule has 0 unspecified atom stereocenters. The molecule has 6 heteroatoms. The van der Waals surface area contributed by atoms with Crippen molar-refractivity contribution in [2.24, 2.45) is 0 Å². The van der Waals surface area contributed by atoms with Crippen molar-refractivity contribution in [1.82, 2.24) is 0 Å². The van der Waals surface area contributed by atoms with Crippen LogP contribution in [0.1, 0.15) is 18.6 Å². The number of hydrogen-bond donors (Lipinski definition) is 2. The molecule has 2 N–H and O–H groups in total. The zero-order chi connectivity index (χ0) is 17.5. The number of benzene rings is 1. The molecule has 0 radical (unpaired) electrons. The van der Waals surface area contributed by atoms with Crippen molar-refractivity contribution in [3.8, 4) is 11.1 Å². The Bertz CT molecular complexity index is 690. The number of methoxy groups -OCH3 is 1. The van der Waals surface area contributed by atoms with Gasteiger partial charge in [0.05, 0.1) is 32.0 Å². The minimum atomic E-state index is -0.995. The summed E-state index contributed by atoms with van der Waals surface area (Å²) in [7, 11) is 1.24. The van der Waals surface area contributed by atoms with Crippen molar-refractivity contribution in [2.45, 2.75) is 25.0 Å². The summed E-state index contributed by atoms with van der Waals surface area (Å²) in [5.74, 6) is -0.360. The van der Waals surface area contributed by atoms with E-state index in [1.165, 1.54) is 31.6 Å². The quantitative estimate of drug-likeness (QED) is 0.761. The molecule has 128 valence electrons. The Labute approximate surface area is 139 Å². The Morgan fingerprint density at radius 1 is 1.29 bits per heavy atom. The largest absolute Gasteiger partial charge is 0.469 e. The highest BCUT2D eigenvalue weighted by molar-refractivity contribution is 5.72. The summed E-state index contributed by atoms with van der Waals surface area (Å²) in [5, 5.41) is 19.6. The van der Waals surface area contributed by atoms with Crippen LogP contribution in [0.3, 0.4) is 0 Å². The number of aliphatic hydroxyl groups excluding tert-OH is 2. The van der Waals surface area contributed by atoms with Gasteiger partial charge in [0.1, 0.15) is 11.6 Å². The van der Waals surface area contributed by atoms with Gasteiger partial charge in [0.25, 0.3) is 0 Å². The molecule has 0 aliphatic heterocycles. The molecule has 0 saturated heterocycles. The topological polar surface area (TPSA) is 79.9 Å². The second kappa shape index (κ2) is 8.42. The number of ether oxygens (including phenoxy) is 1. The zero-order valence-corrected chi connectivity index (χ0v) is 13.2. The van der Waals surface area contributed by atoms with Gasteiger partial charge in [0, 0.05) is 12.0 Å². The first-order valence-corrected chi connectivity index (χ1v) is 7.44. The molecule has 0 saturated carbocycles. The molecule has 0 aliphatic rings. The molecule has 2 rings (SSSR count). The molecule has 1 heterocycles. The maximum atomic E-state index is 13.0. The predicted octanol–water partition coefficient (Wildman–Crippen LogP) is 2.77. The molecule has 0 bridgehead atoms. The SMILES string of the molecule is COC(=O)C[C@@H](O)C[C@H](O)C=Cc1occc1-c1ccc(F)cc1. The second-order valence-corrected chi connectivity index (χ2v) is 5.30. The van der Waals surface area contributed by atoms with E-state index >= 15 is 0 Å². The van der Waals surface area contributed by atoms with E-state index in [0.29, 0.717) is 5.76 Å². The van der Waals surface area contributed by atoms with Crippen LogP contribution in [-0.2, 0) is 9.53 Å². The number of rotatable bonds is 7. The fraction of sp³-hybridized carbons (Fsp3) is 0.278. The summed E-state index contributed by atoms with van der Waals surface area (Å²) in [6.45, 7) is 0. The third kappa shape index (κ3) is 5.04. The summed E-state index contributed by atoms with van der Waals surface area (Å²) in [4.78, 5) is 11.1. The second-order valence-electron chi connectivity index (χ2n) is 5.30. The number of carbonyl (C=O) groups is 1. The van der Waals surface area contributed by atoms with Crippen molar-refractivity contribution in [2.75, 3.05) is 7.11 Å². The Kier molecular flexibility index (Phi) is 6.28. The third-order valence-corrected chi connectivity index (χ3v) is 3.46. The van der Waals surface area contributed by atoms with Crippen molar-refractivity contribution in [3.05, 3.63) is 54.2 Å². The molecule has 2 aromatic rings. The molecule has 1 aromatic carbocycles. The van der Waals surface area contributed by atoms with Crippen LogP contribution >= 0.6 is 0 Å².